The van der Waals surface area contributed by atoms with Gasteiger partial charge in [-0.15, -0.1) is 0 Å². The summed E-state index contributed by atoms with van der Waals surface area (Å²) in [6.07, 6.45) is 14.8. The maximum Gasteiger partial charge on any atom is 0.214 e. The summed E-state index contributed by atoms with van der Waals surface area (Å²) in [6.45, 7) is 11.5. The van der Waals surface area contributed by atoms with Crippen LogP contribution in [0.25, 0.3) is 34.4 Å². The van der Waals surface area contributed by atoms with Gasteiger partial charge in [0.05, 0.1) is 39.9 Å². The Morgan fingerprint density at radius 1 is 0.685 bits per heavy atom. The molecule has 278 valence electrons. The zero-order valence-corrected chi connectivity index (χ0v) is 32.7. The third-order valence-electron chi connectivity index (χ3n) is 12.6. The lowest BCUT2D eigenvalue weighted by Gasteiger charge is -2.43. The highest BCUT2D eigenvalue weighted by Gasteiger charge is 2.44. The molecule has 0 spiro atoms. The third kappa shape index (κ3) is 8.57. The SMILES string of the molecule is C[C@H]1[C@@H](/C=C/c2ccc(-c3ccccc3C#N)cn2)[C@H](C)[C@@H](C)C[C@H]1S(=O)(=O)NC[C@@H]1CC[C@H](C)[C@@H](C)[C@@H]1/C=C/c1ccc(-c2ccccc2C#N)cn1. The molecule has 2 aromatic heterocycles. The van der Waals surface area contributed by atoms with Gasteiger partial charge in [0.15, 0.2) is 0 Å². The van der Waals surface area contributed by atoms with E-state index in [9.17, 15) is 18.9 Å². The topological polar surface area (TPSA) is 120 Å². The molecule has 0 radical (unpaired) electrons. The number of rotatable bonds is 10. The van der Waals surface area contributed by atoms with Crippen LogP contribution in [0.2, 0.25) is 0 Å². The highest BCUT2D eigenvalue weighted by molar-refractivity contribution is 7.90. The van der Waals surface area contributed by atoms with Crippen molar-refractivity contribution in [3.05, 3.63) is 120 Å². The molecule has 0 bridgehead atoms. The molecule has 0 unspecified atom stereocenters. The summed E-state index contributed by atoms with van der Waals surface area (Å²) in [5, 5.41) is 18.5. The van der Waals surface area contributed by atoms with E-state index in [2.05, 4.69) is 79.7 Å². The number of nitrogens with zero attached hydrogens (tertiary/aromatic N) is 4. The predicted molar refractivity (Wildman–Crippen MR) is 218 cm³/mol. The normalized spacial score (nSPS) is 27.4. The fraction of sp³-hybridized carbons (Fsp3) is 0.391. The van der Waals surface area contributed by atoms with Crippen LogP contribution in [0.4, 0.5) is 0 Å². The zero-order chi connectivity index (χ0) is 38.4. The Balaban J connectivity index is 1.13. The average Bonchev–Trinajstić information content (AvgIpc) is 3.19. The first-order valence-corrected chi connectivity index (χ1v) is 20.8. The van der Waals surface area contributed by atoms with Gasteiger partial charge in [0.1, 0.15) is 0 Å². The number of pyridine rings is 2. The van der Waals surface area contributed by atoms with Crippen molar-refractivity contribution in [3.63, 3.8) is 0 Å². The lowest BCUT2D eigenvalue weighted by atomic mass is 9.68. The molecule has 0 aliphatic heterocycles. The molecule has 54 heavy (non-hydrogen) atoms. The van der Waals surface area contributed by atoms with E-state index in [4.69, 9.17) is 0 Å². The fourth-order valence-electron chi connectivity index (χ4n) is 8.71. The second kappa shape index (κ2) is 17.1. The van der Waals surface area contributed by atoms with Crippen LogP contribution in [0, 0.1) is 70.0 Å². The molecule has 2 aliphatic carbocycles. The maximum absolute atomic E-state index is 14.1. The number of aromatic nitrogens is 2. The first kappa shape index (κ1) is 38.8. The van der Waals surface area contributed by atoms with Crippen LogP contribution in [-0.4, -0.2) is 30.2 Å². The summed E-state index contributed by atoms with van der Waals surface area (Å²) in [7, 11) is -3.59. The smallest absolute Gasteiger partial charge is 0.214 e. The van der Waals surface area contributed by atoms with Gasteiger partial charge in [-0.3, -0.25) is 9.97 Å². The number of hydrogen-bond acceptors (Lipinski definition) is 6. The first-order valence-electron chi connectivity index (χ1n) is 19.3. The second-order valence-corrected chi connectivity index (χ2v) is 17.7. The molecule has 6 rings (SSSR count). The van der Waals surface area contributed by atoms with Gasteiger partial charge in [0.25, 0.3) is 0 Å². The van der Waals surface area contributed by atoms with Crippen LogP contribution >= 0.6 is 0 Å². The van der Waals surface area contributed by atoms with E-state index in [0.29, 0.717) is 41.8 Å². The Bertz CT molecular complexity index is 2160. The Morgan fingerprint density at radius 3 is 1.72 bits per heavy atom. The van der Waals surface area contributed by atoms with Crippen LogP contribution in [-0.2, 0) is 10.0 Å². The Labute approximate surface area is 322 Å². The minimum Gasteiger partial charge on any atom is -0.256 e. The molecule has 0 amide bonds. The van der Waals surface area contributed by atoms with Gasteiger partial charge in [0, 0.05) is 41.2 Å². The first-order chi connectivity index (χ1) is 26.0. The van der Waals surface area contributed by atoms with Crippen molar-refractivity contribution in [2.24, 2.45) is 47.3 Å². The number of benzene rings is 2. The van der Waals surface area contributed by atoms with Gasteiger partial charge in [-0.2, -0.15) is 10.5 Å². The average molecular weight is 738 g/mol. The van der Waals surface area contributed by atoms with Crippen LogP contribution in [0.5, 0.6) is 0 Å². The van der Waals surface area contributed by atoms with Crippen molar-refractivity contribution < 1.29 is 8.42 Å². The van der Waals surface area contributed by atoms with E-state index in [1.807, 2.05) is 79.0 Å². The second-order valence-electron chi connectivity index (χ2n) is 15.7. The standard InChI is InChI=1S/C46H51N5O2S/c1-30-14-15-39(43(32(30)3)23-21-41-19-17-38(28-50-41)45-13-9-7-11-36(45)26-48)29-51-54(52,53)46-24-31(2)33(4)42(34(46)5)22-20-40-18-16-37(27-49-40)44-12-8-6-10-35(44)25-47/h6-13,16-23,27-28,30-34,39,42-43,46,51H,14-15,24,29H2,1-5H3/b22-20+,23-21+/t30-,31-,32+,33+,34-,39-,42-,43-,46+/m0/s1. The van der Waals surface area contributed by atoms with Gasteiger partial charge >= 0.3 is 0 Å². The molecule has 2 fully saturated rings. The minimum absolute atomic E-state index is 0.0677. The summed E-state index contributed by atoms with van der Waals surface area (Å²) in [6, 6.07) is 27.5. The number of allylic oxidation sites excluding steroid dienone is 2. The highest BCUT2D eigenvalue weighted by Crippen LogP contribution is 2.43. The fourth-order valence-corrected chi connectivity index (χ4v) is 10.7. The van der Waals surface area contributed by atoms with Gasteiger partial charge < -0.3 is 0 Å². The molecule has 2 saturated carbocycles. The molecule has 4 aromatic rings. The highest BCUT2D eigenvalue weighted by atomic mass is 32.2. The van der Waals surface area contributed by atoms with E-state index in [1.165, 1.54) is 0 Å². The molecule has 1 N–H and O–H groups in total. The zero-order valence-electron chi connectivity index (χ0n) is 31.9. The summed E-state index contributed by atoms with van der Waals surface area (Å²) in [5.41, 5.74) is 6.39. The van der Waals surface area contributed by atoms with Crippen molar-refractivity contribution in [2.45, 2.75) is 59.1 Å². The summed E-state index contributed by atoms with van der Waals surface area (Å²) in [5.74, 6) is 1.91. The molecule has 2 aromatic carbocycles. The third-order valence-corrected chi connectivity index (χ3v) is 14.5. The van der Waals surface area contributed by atoms with E-state index in [-0.39, 0.29) is 29.6 Å². The number of hydrogen-bond donors (Lipinski definition) is 1. The molecule has 8 heteroatoms. The molecule has 7 nitrogen and oxygen atoms in total. The minimum atomic E-state index is -3.59. The van der Waals surface area contributed by atoms with Crippen molar-refractivity contribution in [1.82, 2.24) is 14.7 Å². The molecule has 2 aliphatic rings. The van der Waals surface area contributed by atoms with Crippen LogP contribution in [0.15, 0.2) is 97.3 Å². The lowest BCUT2D eigenvalue weighted by molar-refractivity contribution is 0.148. The summed E-state index contributed by atoms with van der Waals surface area (Å²) >= 11 is 0. The van der Waals surface area contributed by atoms with Gasteiger partial charge in [-0.25, -0.2) is 13.1 Å². The monoisotopic (exact) mass is 737 g/mol. The Morgan fingerprint density at radius 2 is 1.20 bits per heavy atom. The number of nitrogens with one attached hydrogen (secondary N) is 1. The molecule has 9 atom stereocenters. The molecular weight excluding hydrogens is 687 g/mol. The van der Waals surface area contributed by atoms with Gasteiger partial charge in [-0.1, -0.05) is 102 Å². The van der Waals surface area contributed by atoms with Crippen LogP contribution < -0.4 is 4.72 Å². The van der Waals surface area contributed by atoms with Crippen molar-refractivity contribution in [1.29, 1.82) is 10.5 Å². The molecular formula is C46H51N5O2S. The number of nitriles is 2. The van der Waals surface area contributed by atoms with Gasteiger partial charge in [0.2, 0.25) is 10.0 Å². The van der Waals surface area contributed by atoms with Crippen molar-refractivity contribution >= 4 is 22.2 Å². The number of sulfonamides is 1. The molecule has 0 saturated heterocycles. The van der Waals surface area contributed by atoms with Crippen molar-refractivity contribution in [2.75, 3.05) is 6.54 Å². The van der Waals surface area contributed by atoms with E-state index in [0.717, 1.165) is 46.5 Å². The largest absolute Gasteiger partial charge is 0.256 e. The maximum atomic E-state index is 14.1. The van der Waals surface area contributed by atoms with Gasteiger partial charge in [-0.05, 0) is 96.6 Å². The summed E-state index contributed by atoms with van der Waals surface area (Å²) < 4.78 is 31.4. The lowest BCUT2D eigenvalue weighted by Crippen LogP contribution is -2.49. The quantitative estimate of drug-likeness (QED) is 0.173. The van der Waals surface area contributed by atoms with Crippen LogP contribution in [0.1, 0.15) is 76.4 Å². The van der Waals surface area contributed by atoms with Crippen LogP contribution in [0.3, 0.4) is 0 Å². The molecule has 2 heterocycles. The van der Waals surface area contributed by atoms with E-state index >= 15 is 0 Å². The van der Waals surface area contributed by atoms with E-state index in [1.54, 1.807) is 12.3 Å². The Kier molecular flexibility index (Phi) is 12.3. The van der Waals surface area contributed by atoms with E-state index < -0.39 is 15.3 Å². The predicted octanol–water partition coefficient (Wildman–Crippen LogP) is 9.80. The Hall–Kier alpha value is -4.89. The van der Waals surface area contributed by atoms with Crippen molar-refractivity contribution in [3.8, 4) is 34.4 Å². The summed E-state index contributed by atoms with van der Waals surface area (Å²) in [4.78, 5) is 9.35.